The molecule has 0 aliphatic heterocycles. The smallest absolute Gasteiger partial charge is 0.337 e. The normalized spacial score (nSPS) is 16.3. The number of hydrogen-bond acceptors (Lipinski definition) is 5. The summed E-state index contributed by atoms with van der Waals surface area (Å²) in [5, 5.41) is 17.2. The maximum absolute atomic E-state index is 12.7. The van der Waals surface area contributed by atoms with Crippen molar-refractivity contribution in [3.8, 4) is 17.2 Å². The number of para-hydroxylation sites is 1. The molecule has 0 bridgehead atoms. The number of anilines is 1. The fourth-order valence-corrected chi connectivity index (χ4v) is 5.28. The van der Waals surface area contributed by atoms with Gasteiger partial charge in [0.1, 0.15) is 17.2 Å². The van der Waals surface area contributed by atoms with Gasteiger partial charge in [0.15, 0.2) is 0 Å². The Labute approximate surface area is 251 Å². The summed E-state index contributed by atoms with van der Waals surface area (Å²) in [7, 11) is 0. The number of carboxylic acids is 1. The predicted molar refractivity (Wildman–Crippen MR) is 166 cm³/mol. The molecule has 0 aromatic heterocycles. The number of ether oxygens (including phenoxy) is 2. The van der Waals surface area contributed by atoms with Crippen LogP contribution in [0.25, 0.3) is 10.8 Å². The van der Waals surface area contributed by atoms with Gasteiger partial charge < -0.3 is 25.2 Å². The molecule has 4 aromatic carbocycles. The standard InChI is InChI=1S/C35H36N2O6/c1-2-3-8-33(38)36-26-13-19-28(20-14-26)43-30-18-12-24-21-29(17-11-25(24)22-30)42-27-15-9-23(10-16-27)34(39)37-32-7-5-4-6-31(32)35(40)41/h4-7,9-12,15-18,21-22,26,28H,2-3,8,13-14,19-20H2,1H3,(H,36,38)(H,37,39)(H,40,41). The van der Waals surface area contributed by atoms with Gasteiger partial charge in [0.05, 0.1) is 17.4 Å². The first-order valence-electron chi connectivity index (χ1n) is 14.8. The summed E-state index contributed by atoms with van der Waals surface area (Å²) in [6.45, 7) is 2.09. The molecule has 0 unspecified atom stereocenters. The van der Waals surface area contributed by atoms with Crippen LogP contribution in [0, 0.1) is 0 Å². The molecule has 0 radical (unpaired) electrons. The highest BCUT2D eigenvalue weighted by Crippen LogP contribution is 2.30. The molecule has 222 valence electrons. The number of benzene rings is 4. The van der Waals surface area contributed by atoms with Gasteiger partial charge in [0.25, 0.3) is 5.91 Å². The molecule has 1 aliphatic carbocycles. The number of rotatable bonds is 11. The van der Waals surface area contributed by atoms with Crippen molar-refractivity contribution in [2.75, 3.05) is 5.32 Å². The number of nitrogens with one attached hydrogen (secondary N) is 2. The first-order chi connectivity index (χ1) is 20.9. The molecule has 43 heavy (non-hydrogen) atoms. The Hall–Kier alpha value is -4.85. The number of fused-ring (bicyclic) bond motifs is 1. The summed E-state index contributed by atoms with van der Waals surface area (Å²) in [4.78, 5) is 36.1. The molecule has 1 saturated carbocycles. The summed E-state index contributed by atoms with van der Waals surface area (Å²) in [6.07, 6.45) is 6.40. The van der Waals surface area contributed by atoms with Crippen LogP contribution in [-0.2, 0) is 4.79 Å². The third-order valence-corrected chi connectivity index (χ3v) is 7.64. The summed E-state index contributed by atoms with van der Waals surface area (Å²) < 4.78 is 12.3. The largest absolute Gasteiger partial charge is 0.490 e. The van der Waals surface area contributed by atoms with Gasteiger partial charge in [0, 0.05) is 18.0 Å². The molecule has 4 aromatic rings. The number of carbonyl (C=O) groups is 3. The second kappa shape index (κ2) is 13.9. The average Bonchev–Trinajstić information content (AvgIpc) is 3.01. The van der Waals surface area contributed by atoms with Crippen molar-refractivity contribution in [2.45, 2.75) is 64.0 Å². The fourth-order valence-electron chi connectivity index (χ4n) is 5.28. The fraction of sp³-hybridized carbons (Fsp3) is 0.286. The highest BCUT2D eigenvalue weighted by molar-refractivity contribution is 6.07. The molecule has 0 saturated heterocycles. The van der Waals surface area contributed by atoms with Crippen LogP contribution < -0.4 is 20.1 Å². The van der Waals surface area contributed by atoms with Gasteiger partial charge in [-0.2, -0.15) is 0 Å². The lowest BCUT2D eigenvalue weighted by Crippen LogP contribution is -2.39. The maximum atomic E-state index is 12.7. The molecule has 1 aliphatic rings. The summed E-state index contributed by atoms with van der Waals surface area (Å²) >= 11 is 0. The first-order valence-corrected chi connectivity index (χ1v) is 14.8. The van der Waals surface area contributed by atoms with Gasteiger partial charge in [-0.1, -0.05) is 37.6 Å². The Kier molecular flexibility index (Phi) is 9.56. The van der Waals surface area contributed by atoms with Crippen molar-refractivity contribution < 1.29 is 29.0 Å². The Morgan fingerprint density at radius 3 is 2.16 bits per heavy atom. The quantitative estimate of drug-likeness (QED) is 0.169. The Balaban J connectivity index is 1.14. The summed E-state index contributed by atoms with van der Waals surface area (Å²) in [6, 6.07) is 25.0. The van der Waals surface area contributed by atoms with E-state index in [2.05, 4.69) is 17.6 Å². The average molecular weight is 581 g/mol. The predicted octanol–water partition coefficient (Wildman–Crippen LogP) is 7.58. The van der Waals surface area contributed by atoms with Crippen LogP contribution in [0.2, 0.25) is 0 Å². The van der Waals surface area contributed by atoms with E-state index in [1.165, 1.54) is 6.07 Å². The molecule has 2 amide bonds. The topological polar surface area (TPSA) is 114 Å². The Bertz CT molecular complexity index is 1590. The molecule has 1 fully saturated rings. The van der Waals surface area contributed by atoms with Crippen LogP contribution in [-0.4, -0.2) is 35.0 Å². The van der Waals surface area contributed by atoms with Crippen molar-refractivity contribution in [1.29, 1.82) is 0 Å². The molecule has 8 nitrogen and oxygen atoms in total. The van der Waals surface area contributed by atoms with Gasteiger partial charge in [-0.05, 0) is 104 Å². The monoisotopic (exact) mass is 580 g/mol. The zero-order valence-electron chi connectivity index (χ0n) is 24.2. The van der Waals surface area contributed by atoms with E-state index in [0.29, 0.717) is 23.5 Å². The number of carbonyl (C=O) groups excluding carboxylic acids is 2. The number of unbranched alkanes of at least 4 members (excludes halogenated alkanes) is 1. The number of carboxylic acid groups (broad SMARTS) is 1. The van der Waals surface area contributed by atoms with Crippen molar-refractivity contribution in [3.05, 3.63) is 96.1 Å². The number of aromatic carboxylic acids is 1. The van der Waals surface area contributed by atoms with E-state index >= 15 is 0 Å². The zero-order valence-corrected chi connectivity index (χ0v) is 24.2. The highest BCUT2D eigenvalue weighted by atomic mass is 16.5. The van der Waals surface area contributed by atoms with Gasteiger partial charge in [-0.3, -0.25) is 9.59 Å². The van der Waals surface area contributed by atoms with Crippen molar-refractivity contribution in [3.63, 3.8) is 0 Å². The maximum Gasteiger partial charge on any atom is 0.337 e. The molecular weight excluding hydrogens is 544 g/mol. The van der Waals surface area contributed by atoms with Crippen molar-refractivity contribution >= 4 is 34.2 Å². The van der Waals surface area contributed by atoms with Crippen LogP contribution >= 0.6 is 0 Å². The zero-order chi connectivity index (χ0) is 30.2. The minimum Gasteiger partial charge on any atom is -0.490 e. The van der Waals surface area contributed by atoms with E-state index in [1.54, 1.807) is 42.5 Å². The van der Waals surface area contributed by atoms with Crippen LogP contribution in [0.15, 0.2) is 84.9 Å². The lowest BCUT2D eigenvalue weighted by atomic mass is 9.92. The molecule has 0 atom stereocenters. The second-order valence-electron chi connectivity index (χ2n) is 10.9. The van der Waals surface area contributed by atoms with E-state index in [0.717, 1.165) is 55.0 Å². The molecule has 0 spiro atoms. The Morgan fingerprint density at radius 1 is 0.814 bits per heavy atom. The minimum atomic E-state index is -1.11. The number of amides is 2. The summed E-state index contributed by atoms with van der Waals surface area (Å²) in [5.74, 6) is 0.696. The van der Waals surface area contributed by atoms with E-state index in [-0.39, 0.29) is 29.3 Å². The first kappa shape index (κ1) is 29.6. The third kappa shape index (κ3) is 7.92. The second-order valence-corrected chi connectivity index (χ2v) is 10.9. The molecule has 8 heteroatoms. The molecule has 0 heterocycles. The molecule has 3 N–H and O–H groups in total. The van der Waals surface area contributed by atoms with Crippen LogP contribution in [0.4, 0.5) is 5.69 Å². The van der Waals surface area contributed by atoms with Crippen molar-refractivity contribution in [2.24, 2.45) is 0 Å². The molecular formula is C35H36N2O6. The summed E-state index contributed by atoms with van der Waals surface area (Å²) in [5.41, 5.74) is 0.641. The van der Waals surface area contributed by atoms with Gasteiger partial charge >= 0.3 is 5.97 Å². The SMILES string of the molecule is CCCCC(=O)NC1CCC(Oc2ccc3cc(Oc4ccc(C(=O)Nc5ccccc5C(=O)O)cc4)ccc3c2)CC1. The van der Waals surface area contributed by atoms with Gasteiger partial charge in [-0.15, -0.1) is 0 Å². The third-order valence-electron chi connectivity index (χ3n) is 7.64. The van der Waals surface area contributed by atoms with E-state index in [1.807, 2.05) is 36.4 Å². The van der Waals surface area contributed by atoms with E-state index < -0.39 is 11.9 Å². The van der Waals surface area contributed by atoms with Crippen LogP contribution in [0.3, 0.4) is 0 Å². The van der Waals surface area contributed by atoms with E-state index in [4.69, 9.17) is 9.47 Å². The van der Waals surface area contributed by atoms with Gasteiger partial charge in [0.2, 0.25) is 5.91 Å². The minimum absolute atomic E-state index is 0.0257. The highest BCUT2D eigenvalue weighted by Gasteiger charge is 2.23. The van der Waals surface area contributed by atoms with Gasteiger partial charge in [-0.25, -0.2) is 4.79 Å². The van der Waals surface area contributed by atoms with Crippen molar-refractivity contribution in [1.82, 2.24) is 5.32 Å². The Morgan fingerprint density at radius 2 is 1.47 bits per heavy atom. The van der Waals surface area contributed by atoms with E-state index in [9.17, 15) is 19.5 Å². The number of hydrogen-bond donors (Lipinski definition) is 3. The lowest BCUT2D eigenvalue weighted by molar-refractivity contribution is -0.122. The molecule has 5 rings (SSSR count). The van der Waals surface area contributed by atoms with Crippen LogP contribution in [0.1, 0.15) is 72.6 Å². The van der Waals surface area contributed by atoms with Crippen LogP contribution in [0.5, 0.6) is 17.2 Å². The lowest BCUT2D eigenvalue weighted by Gasteiger charge is -2.29.